The Balaban J connectivity index is 2.16. The number of aryl methyl sites for hydroxylation is 1. The van der Waals surface area contributed by atoms with Crippen molar-refractivity contribution >= 4 is 15.7 Å². The molecule has 0 N–H and O–H groups in total. The van der Waals surface area contributed by atoms with Crippen LogP contribution < -0.4 is 0 Å². The summed E-state index contributed by atoms with van der Waals surface area (Å²) in [5.41, 5.74) is 0.710. The molecule has 0 aliphatic carbocycles. The van der Waals surface area contributed by atoms with E-state index in [1.807, 2.05) is 6.07 Å². The molecule has 3 rings (SSSR count). The predicted molar refractivity (Wildman–Crippen MR) is 96.4 cm³/mol. The van der Waals surface area contributed by atoms with Gasteiger partial charge in [0.15, 0.2) is 21.9 Å². The number of nitrogens with zero attached hydrogens (tertiary/aromatic N) is 3. The molecule has 0 saturated heterocycles. The van der Waals surface area contributed by atoms with Gasteiger partial charge < -0.3 is 10.1 Å². The van der Waals surface area contributed by atoms with E-state index in [-0.39, 0.29) is 22.8 Å². The molecule has 0 saturated carbocycles. The van der Waals surface area contributed by atoms with Crippen LogP contribution in [0.3, 0.4) is 0 Å². The van der Waals surface area contributed by atoms with Gasteiger partial charge in [0.2, 0.25) is 0 Å². The quantitative estimate of drug-likeness (QED) is 0.490. The molecule has 134 valence electrons. The fourth-order valence-corrected chi connectivity index (χ4v) is 4.58. The standard InChI is InChI=1S/C18H17N3O4S/c1-20-13-19-17(18(20)21(22)23)16(12-14-8-4-2-5-9-14)26(24,25)15-10-6-3-7-11-15/h2-11,13,16H,12H2,1H3. The SMILES string of the molecule is Cn1cnc(C(Cc2ccccc2)S(=O)(=O)c2ccccc2)c1[N+](=O)[O-]. The minimum atomic E-state index is -3.88. The summed E-state index contributed by atoms with van der Waals surface area (Å²) < 4.78 is 27.7. The second-order valence-corrected chi connectivity index (χ2v) is 7.99. The van der Waals surface area contributed by atoms with Crippen molar-refractivity contribution in [2.45, 2.75) is 16.6 Å². The minimum absolute atomic E-state index is 0.0507. The number of hydrogen-bond donors (Lipinski definition) is 0. The highest BCUT2D eigenvalue weighted by atomic mass is 32.2. The zero-order valence-electron chi connectivity index (χ0n) is 14.0. The third kappa shape index (κ3) is 3.36. The number of sulfone groups is 1. The van der Waals surface area contributed by atoms with Crippen LogP contribution in [0.5, 0.6) is 0 Å². The Bertz CT molecular complexity index is 1020. The Morgan fingerprint density at radius 3 is 2.23 bits per heavy atom. The van der Waals surface area contributed by atoms with E-state index in [0.717, 1.165) is 5.56 Å². The van der Waals surface area contributed by atoms with Crippen LogP contribution in [0.1, 0.15) is 16.5 Å². The molecule has 1 unspecified atom stereocenters. The van der Waals surface area contributed by atoms with Crippen molar-refractivity contribution in [3.8, 4) is 0 Å². The molecule has 0 aliphatic heterocycles. The lowest BCUT2D eigenvalue weighted by molar-refractivity contribution is -0.392. The molecule has 0 spiro atoms. The fourth-order valence-electron chi connectivity index (χ4n) is 2.85. The molecule has 8 heteroatoms. The van der Waals surface area contributed by atoms with Gasteiger partial charge in [-0.05, 0) is 29.0 Å². The third-order valence-electron chi connectivity index (χ3n) is 4.12. The maximum atomic E-state index is 13.2. The van der Waals surface area contributed by atoms with E-state index < -0.39 is 20.0 Å². The summed E-state index contributed by atoms with van der Waals surface area (Å²) >= 11 is 0. The van der Waals surface area contributed by atoms with Crippen LogP contribution in [0.2, 0.25) is 0 Å². The van der Waals surface area contributed by atoms with Crippen molar-refractivity contribution in [1.82, 2.24) is 9.55 Å². The molecule has 1 heterocycles. The number of hydrogen-bond acceptors (Lipinski definition) is 5. The molecule has 7 nitrogen and oxygen atoms in total. The van der Waals surface area contributed by atoms with Crippen LogP contribution in [-0.2, 0) is 23.3 Å². The molecular formula is C18H17N3O4S. The Morgan fingerprint density at radius 2 is 1.65 bits per heavy atom. The molecular weight excluding hydrogens is 354 g/mol. The highest BCUT2D eigenvalue weighted by molar-refractivity contribution is 7.91. The number of aromatic nitrogens is 2. The van der Waals surface area contributed by atoms with E-state index in [0.29, 0.717) is 0 Å². The average Bonchev–Trinajstić information content (AvgIpc) is 3.02. The molecule has 1 aromatic heterocycles. The molecule has 0 amide bonds. The van der Waals surface area contributed by atoms with Crippen LogP contribution in [0, 0.1) is 10.1 Å². The summed E-state index contributed by atoms with van der Waals surface area (Å²) in [5, 5.41) is 10.3. The second kappa shape index (κ2) is 7.09. The van der Waals surface area contributed by atoms with E-state index in [4.69, 9.17) is 0 Å². The van der Waals surface area contributed by atoms with Crippen LogP contribution in [0.4, 0.5) is 5.82 Å². The number of rotatable bonds is 6. The fraction of sp³-hybridized carbons (Fsp3) is 0.167. The van der Waals surface area contributed by atoms with Crippen LogP contribution in [0.15, 0.2) is 71.9 Å². The van der Waals surface area contributed by atoms with Crippen molar-refractivity contribution in [1.29, 1.82) is 0 Å². The van der Waals surface area contributed by atoms with Gasteiger partial charge in [-0.3, -0.25) is 0 Å². The van der Waals surface area contributed by atoms with Gasteiger partial charge in [0.1, 0.15) is 5.25 Å². The topological polar surface area (TPSA) is 95.1 Å². The summed E-state index contributed by atoms with van der Waals surface area (Å²) in [5.74, 6) is -0.314. The minimum Gasteiger partial charge on any atom is -0.358 e. The first-order valence-electron chi connectivity index (χ1n) is 7.89. The summed E-state index contributed by atoms with van der Waals surface area (Å²) in [6.45, 7) is 0. The van der Waals surface area contributed by atoms with Gasteiger partial charge in [0.25, 0.3) is 0 Å². The van der Waals surface area contributed by atoms with Gasteiger partial charge in [-0.15, -0.1) is 0 Å². The smallest absolute Gasteiger partial charge is 0.347 e. The van der Waals surface area contributed by atoms with Crippen molar-refractivity contribution < 1.29 is 13.3 Å². The molecule has 0 radical (unpaired) electrons. The summed E-state index contributed by atoms with van der Waals surface area (Å²) in [6, 6.07) is 17.0. The Kier molecular flexibility index (Phi) is 4.85. The van der Waals surface area contributed by atoms with Crippen LogP contribution in [-0.4, -0.2) is 22.9 Å². The maximum Gasteiger partial charge on any atom is 0.347 e. The molecule has 26 heavy (non-hydrogen) atoms. The zero-order valence-corrected chi connectivity index (χ0v) is 14.8. The second-order valence-electron chi connectivity index (χ2n) is 5.86. The molecule has 3 aromatic rings. The highest BCUT2D eigenvalue weighted by Crippen LogP contribution is 2.35. The lowest BCUT2D eigenvalue weighted by atomic mass is 10.1. The Morgan fingerprint density at radius 1 is 1.08 bits per heavy atom. The molecule has 0 aliphatic rings. The van der Waals surface area contributed by atoms with Gasteiger partial charge in [-0.25, -0.2) is 18.0 Å². The van der Waals surface area contributed by atoms with Crippen molar-refractivity contribution in [2.75, 3.05) is 0 Å². The molecule has 0 bridgehead atoms. The van der Waals surface area contributed by atoms with E-state index in [1.165, 1.54) is 30.1 Å². The van der Waals surface area contributed by atoms with E-state index in [9.17, 15) is 18.5 Å². The third-order valence-corrected chi connectivity index (χ3v) is 6.19. The zero-order chi connectivity index (χ0) is 18.7. The first-order chi connectivity index (χ1) is 12.4. The first-order valence-corrected chi connectivity index (χ1v) is 9.44. The van der Waals surface area contributed by atoms with Crippen molar-refractivity contribution in [3.05, 3.63) is 88.4 Å². The summed E-state index contributed by atoms with van der Waals surface area (Å²) in [4.78, 5) is 15.1. The number of benzene rings is 2. The number of nitro groups is 1. The van der Waals surface area contributed by atoms with E-state index >= 15 is 0 Å². The van der Waals surface area contributed by atoms with E-state index in [1.54, 1.807) is 42.5 Å². The van der Waals surface area contributed by atoms with Crippen LogP contribution >= 0.6 is 0 Å². The normalized spacial score (nSPS) is 12.7. The average molecular weight is 371 g/mol. The molecule has 1 atom stereocenters. The van der Waals surface area contributed by atoms with Crippen molar-refractivity contribution in [2.24, 2.45) is 7.05 Å². The van der Waals surface area contributed by atoms with E-state index in [2.05, 4.69) is 4.98 Å². The largest absolute Gasteiger partial charge is 0.358 e. The monoisotopic (exact) mass is 371 g/mol. The lowest BCUT2D eigenvalue weighted by Crippen LogP contribution is -2.18. The van der Waals surface area contributed by atoms with Gasteiger partial charge in [0.05, 0.1) is 11.9 Å². The molecule has 0 fully saturated rings. The van der Waals surface area contributed by atoms with Gasteiger partial charge in [-0.1, -0.05) is 48.5 Å². The number of imidazole rings is 1. The summed E-state index contributed by atoms with van der Waals surface area (Å²) in [6.07, 6.45) is 1.36. The van der Waals surface area contributed by atoms with Gasteiger partial charge >= 0.3 is 5.82 Å². The summed E-state index contributed by atoms with van der Waals surface area (Å²) in [7, 11) is -2.40. The molecule has 2 aromatic carbocycles. The van der Waals surface area contributed by atoms with Crippen molar-refractivity contribution in [3.63, 3.8) is 0 Å². The van der Waals surface area contributed by atoms with Gasteiger partial charge in [0, 0.05) is 0 Å². The maximum absolute atomic E-state index is 13.2. The van der Waals surface area contributed by atoms with Gasteiger partial charge in [-0.2, -0.15) is 0 Å². The lowest BCUT2D eigenvalue weighted by Gasteiger charge is -2.16. The first kappa shape index (κ1) is 17.8. The Labute approximate surface area is 151 Å². The predicted octanol–water partition coefficient (Wildman–Crippen LogP) is 3.09. The van der Waals surface area contributed by atoms with Crippen LogP contribution in [0.25, 0.3) is 0 Å². The highest BCUT2D eigenvalue weighted by Gasteiger charge is 2.37. The Hall–Kier alpha value is -3.00.